The van der Waals surface area contributed by atoms with Crippen molar-refractivity contribution < 1.29 is 14.5 Å². The lowest BCUT2D eigenvalue weighted by Crippen LogP contribution is -2.03. The summed E-state index contributed by atoms with van der Waals surface area (Å²) in [4.78, 5) is 22.7. The molecule has 0 atom stereocenters. The van der Waals surface area contributed by atoms with Gasteiger partial charge >= 0.3 is 5.97 Å². The van der Waals surface area contributed by atoms with Gasteiger partial charge in [0.25, 0.3) is 5.69 Å². The summed E-state index contributed by atoms with van der Waals surface area (Å²) >= 11 is 1.20. The SMILES string of the molecule is C=CCn1c(Sc2ccc(C=CC(=O)OC)cc2[N+](=O)[O-])nnc1C1CC1. The smallest absolute Gasteiger partial charge is 0.330 e. The number of hydrogen-bond donors (Lipinski definition) is 0. The van der Waals surface area contributed by atoms with Crippen LogP contribution >= 0.6 is 11.8 Å². The third-order valence-electron chi connectivity index (χ3n) is 3.99. The number of nitrogens with zero attached hydrogens (tertiary/aromatic N) is 4. The van der Waals surface area contributed by atoms with Gasteiger partial charge in [0.05, 0.1) is 16.9 Å². The molecule has 1 aromatic carbocycles. The van der Waals surface area contributed by atoms with Gasteiger partial charge in [0, 0.05) is 24.6 Å². The Morgan fingerprint density at radius 3 is 2.89 bits per heavy atom. The summed E-state index contributed by atoms with van der Waals surface area (Å²) in [5.41, 5.74) is 0.468. The summed E-state index contributed by atoms with van der Waals surface area (Å²) in [7, 11) is 1.27. The maximum Gasteiger partial charge on any atom is 0.330 e. The van der Waals surface area contributed by atoms with E-state index in [4.69, 9.17) is 0 Å². The van der Waals surface area contributed by atoms with Gasteiger partial charge in [0.15, 0.2) is 5.16 Å². The Morgan fingerprint density at radius 2 is 2.26 bits per heavy atom. The largest absolute Gasteiger partial charge is 0.466 e. The van der Waals surface area contributed by atoms with Crippen molar-refractivity contribution in [3.05, 3.63) is 58.4 Å². The monoisotopic (exact) mass is 386 g/mol. The minimum Gasteiger partial charge on any atom is -0.466 e. The fraction of sp³-hybridized carbons (Fsp3) is 0.278. The molecule has 0 saturated heterocycles. The normalized spacial score (nSPS) is 13.7. The Balaban J connectivity index is 1.90. The highest BCUT2D eigenvalue weighted by molar-refractivity contribution is 7.99. The van der Waals surface area contributed by atoms with Crippen molar-refractivity contribution in [1.82, 2.24) is 14.8 Å². The molecule has 0 radical (unpaired) electrons. The van der Waals surface area contributed by atoms with Crippen LogP contribution in [0.25, 0.3) is 6.08 Å². The molecular weight excluding hydrogens is 368 g/mol. The first-order valence-electron chi connectivity index (χ1n) is 8.29. The van der Waals surface area contributed by atoms with Crippen molar-refractivity contribution in [3.8, 4) is 0 Å². The van der Waals surface area contributed by atoms with Crippen LogP contribution in [-0.4, -0.2) is 32.8 Å². The van der Waals surface area contributed by atoms with E-state index in [1.807, 2.05) is 4.57 Å². The van der Waals surface area contributed by atoms with Gasteiger partial charge in [-0.05, 0) is 42.3 Å². The van der Waals surface area contributed by atoms with Crippen LogP contribution in [0.2, 0.25) is 0 Å². The van der Waals surface area contributed by atoms with Gasteiger partial charge < -0.3 is 9.30 Å². The molecule has 27 heavy (non-hydrogen) atoms. The van der Waals surface area contributed by atoms with Gasteiger partial charge in [0.1, 0.15) is 5.82 Å². The summed E-state index contributed by atoms with van der Waals surface area (Å²) in [5, 5.41) is 20.6. The molecule has 0 N–H and O–H groups in total. The second-order valence-electron chi connectivity index (χ2n) is 5.96. The fourth-order valence-corrected chi connectivity index (χ4v) is 3.45. The average Bonchev–Trinajstić information content (AvgIpc) is 3.43. The molecule has 140 valence electrons. The lowest BCUT2D eigenvalue weighted by Gasteiger charge is -2.07. The molecule has 0 aliphatic heterocycles. The van der Waals surface area contributed by atoms with Crippen LogP contribution < -0.4 is 0 Å². The molecule has 1 saturated carbocycles. The number of nitro benzene ring substituents is 1. The number of ether oxygens (including phenoxy) is 1. The average molecular weight is 386 g/mol. The van der Waals surface area contributed by atoms with Crippen LogP contribution in [0.4, 0.5) is 5.69 Å². The van der Waals surface area contributed by atoms with Gasteiger partial charge in [-0.1, -0.05) is 12.1 Å². The highest BCUT2D eigenvalue weighted by atomic mass is 32.2. The van der Waals surface area contributed by atoms with E-state index < -0.39 is 10.9 Å². The van der Waals surface area contributed by atoms with Crippen LogP contribution in [0.15, 0.2) is 47.0 Å². The summed E-state index contributed by atoms with van der Waals surface area (Å²) in [5.74, 6) is 0.784. The minimum atomic E-state index is -0.527. The zero-order valence-corrected chi connectivity index (χ0v) is 15.5. The van der Waals surface area contributed by atoms with Crippen molar-refractivity contribution >= 4 is 29.5 Å². The Kier molecular flexibility index (Phi) is 5.70. The Labute approximate surface area is 160 Å². The predicted octanol–water partition coefficient (Wildman–Crippen LogP) is 3.59. The Hall–Kier alpha value is -2.94. The number of aromatic nitrogens is 3. The number of carbonyl (C=O) groups excluding carboxylic acids is 1. The second kappa shape index (κ2) is 8.17. The lowest BCUT2D eigenvalue weighted by atomic mass is 10.2. The Morgan fingerprint density at radius 1 is 1.48 bits per heavy atom. The maximum atomic E-state index is 11.5. The summed E-state index contributed by atoms with van der Waals surface area (Å²) in [6.07, 6.45) is 6.62. The molecular formula is C18H18N4O4S. The molecule has 0 spiro atoms. The van der Waals surface area contributed by atoms with E-state index >= 15 is 0 Å². The molecule has 1 aliphatic rings. The molecule has 9 heteroatoms. The van der Waals surface area contributed by atoms with Crippen LogP contribution in [-0.2, 0) is 16.1 Å². The summed E-state index contributed by atoms with van der Waals surface area (Å²) in [6, 6.07) is 4.76. The van der Waals surface area contributed by atoms with Crippen molar-refractivity contribution in [1.29, 1.82) is 0 Å². The maximum absolute atomic E-state index is 11.5. The number of esters is 1. The van der Waals surface area contributed by atoms with Crippen LogP contribution in [0.3, 0.4) is 0 Å². The van der Waals surface area contributed by atoms with Crippen LogP contribution in [0.5, 0.6) is 0 Å². The first-order chi connectivity index (χ1) is 13.0. The second-order valence-corrected chi connectivity index (χ2v) is 6.97. The molecule has 1 heterocycles. The Bertz CT molecular complexity index is 918. The van der Waals surface area contributed by atoms with Crippen LogP contribution in [0.1, 0.15) is 30.1 Å². The topological polar surface area (TPSA) is 100 Å². The number of carbonyl (C=O) groups is 1. The van der Waals surface area contributed by atoms with E-state index in [0.29, 0.717) is 28.1 Å². The summed E-state index contributed by atoms with van der Waals surface area (Å²) < 4.78 is 6.47. The van der Waals surface area contributed by atoms with Crippen molar-refractivity contribution in [3.63, 3.8) is 0 Å². The van der Waals surface area contributed by atoms with E-state index in [1.54, 1.807) is 18.2 Å². The van der Waals surface area contributed by atoms with E-state index in [1.165, 1.54) is 37.1 Å². The quantitative estimate of drug-likeness (QED) is 0.225. The highest BCUT2D eigenvalue weighted by Crippen LogP contribution is 2.41. The molecule has 8 nitrogen and oxygen atoms in total. The predicted molar refractivity (Wildman–Crippen MR) is 100 cm³/mol. The number of methoxy groups -OCH3 is 1. The van der Waals surface area contributed by atoms with Crippen molar-refractivity contribution in [2.24, 2.45) is 0 Å². The number of allylic oxidation sites excluding steroid dienone is 1. The van der Waals surface area contributed by atoms with E-state index in [0.717, 1.165) is 18.7 Å². The molecule has 0 amide bonds. The first kappa shape index (κ1) is 18.8. The van der Waals surface area contributed by atoms with E-state index in [9.17, 15) is 14.9 Å². The minimum absolute atomic E-state index is 0.0619. The summed E-state index contributed by atoms with van der Waals surface area (Å²) in [6.45, 7) is 4.31. The number of benzene rings is 1. The molecule has 0 bridgehead atoms. The molecule has 1 aliphatic carbocycles. The lowest BCUT2D eigenvalue weighted by molar-refractivity contribution is -0.387. The van der Waals surface area contributed by atoms with Gasteiger partial charge in [-0.2, -0.15) is 0 Å². The number of nitro groups is 1. The molecule has 0 unspecified atom stereocenters. The zero-order valence-electron chi connectivity index (χ0n) is 14.7. The highest BCUT2D eigenvalue weighted by Gasteiger charge is 2.30. The van der Waals surface area contributed by atoms with Gasteiger partial charge in [-0.15, -0.1) is 16.8 Å². The van der Waals surface area contributed by atoms with E-state index in [2.05, 4.69) is 21.5 Å². The van der Waals surface area contributed by atoms with Crippen molar-refractivity contribution in [2.45, 2.75) is 35.4 Å². The number of hydrogen-bond acceptors (Lipinski definition) is 7. The van der Waals surface area contributed by atoms with E-state index in [-0.39, 0.29) is 5.69 Å². The number of rotatable bonds is 8. The van der Waals surface area contributed by atoms with Crippen LogP contribution in [0, 0.1) is 10.1 Å². The third-order valence-corrected chi connectivity index (χ3v) is 5.04. The standard InChI is InChI=1S/C18H18N4O4S/c1-3-10-21-17(13-6-7-13)19-20-18(21)27-15-8-4-12(5-9-16(23)26-2)11-14(15)22(24)25/h3-5,8-9,11,13H,1,6-7,10H2,2H3. The third kappa shape index (κ3) is 4.43. The molecule has 1 aromatic heterocycles. The first-order valence-corrected chi connectivity index (χ1v) is 9.11. The van der Waals surface area contributed by atoms with Gasteiger partial charge in [0.2, 0.25) is 0 Å². The molecule has 2 aromatic rings. The molecule has 3 rings (SSSR count). The van der Waals surface area contributed by atoms with Crippen molar-refractivity contribution in [2.75, 3.05) is 7.11 Å². The molecule has 1 fully saturated rings. The van der Waals surface area contributed by atoms with Gasteiger partial charge in [-0.3, -0.25) is 10.1 Å². The zero-order chi connectivity index (χ0) is 19.4. The van der Waals surface area contributed by atoms with Gasteiger partial charge in [-0.25, -0.2) is 4.79 Å². The fourth-order valence-electron chi connectivity index (χ4n) is 2.52.